The SMILES string of the molecule is Cc1c(C2CCN(C(=O)C3CC3)C2)cc(N)c(N)c1C(F)(F)F. The molecule has 0 aromatic heterocycles. The number of carbonyl (C=O) groups excluding carboxylic acids is 1. The first-order valence-corrected chi connectivity index (χ1v) is 7.74. The van der Waals surface area contributed by atoms with Crippen molar-refractivity contribution < 1.29 is 18.0 Å². The molecule has 2 fully saturated rings. The first-order chi connectivity index (χ1) is 10.7. The molecule has 1 saturated heterocycles. The van der Waals surface area contributed by atoms with E-state index in [1.54, 1.807) is 4.90 Å². The Morgan fingerprint density at radius 1 is 1.26 bits per heavy atom. The van der Waals surface area contributed by atoms with Crippen LogP contribution in [0.5, 0.6) is 0 Å². The average molecular weight is 327 g/mol. The van der Waals surface area contributed by atoms with Crippen molar-refractivity contribution in [3.05, 3.63) is 22.8 Å². The molecule has 126 valence electrons. The van der Waals surface area contributed by atoms with E-state index in [9.17, 15) is 18.0 Å². The molecule has 1 aliphatic heterocycles. The summed E-state index contributed by atoms with van der Waals surface area (Å²) in [6.07, 6.45) is -2.04. The summed E-state index contributed by atoms with van der Waals surface area (Å²) in [5.41, 5.74) is 10.6. The molecule has 1 aromatic carbocycles. The number of nitrogen functional groups attached to an aromatic ring is 2. The van der Waals surface area contributed by atoms with Crippen molar-refractivity contribution in [2.24, 2.45) is 5.92 Å². The number of benzene rings is 1. The van der Waals surface area contributed by atoms with Crippen molar-refractivity contribution in [1.29, 1.82) is 0 Å². The quantitative estimate of drug-likeness (QED) is 0.820. The van der Waals surface area contributed by atoms with Gasteiger partial charge in [0, 0.05) is 24.9 Å². The highest BCUT2D eigenvalue weighted by Crippen LogP contribution is 2.43. The van der Waals surface area contributed by atoms with Crippen molar-refractivity contribution in [2.75, 3.05) is 24.6 Å². The molecule has 1 aliphatic carbocycles. The maximum atomic E-state index is 13.3. The highest BCUT2D eigenvalue weighted by Gasteiger charge is 2.40. The highest BCUT2D eigenvalue weighted by atomic mass is 19.4. The Kier molecular flexibility index (Phi) is 3.69. The zero-order valence-corrected chi connectivity index (χ0v) is 12.9. The number of amides is 1. The summed E-state index contributed by atoms with van der Waals surface area (Å²) in [4.78, 5) is 13.9. The van der Waals surface area contributed by atoms with Crippen molar-refractivity contribution in [3.8, 4) is 0 Å². The number of halogens is 3. The summed E-state index contributed by atoms with van der Waals surface area (Å²) in [6, 6.07) is 1.54. The van der Waals surface area contributed by atoms with Gasteiger partial charge in [0.1, 0.15) is 0 Å². The molecule has 1 atom stereocenters. The molecule has 0 spiro atoms. The van der Waals surface area contributed by atoms with Gasteiger partial charge in [-0.15, -0.1) is 0 Å². The standard InChI is InChI=1S/C16H20F3N3O/c1-8-11(6-12(20)14(21)13(8)16(17,18)19)10-4-5-22(7-10)15(23)9-2-3-9/h6,9-10H,2-5,7,20-21H2,1H3. The van der Waals surface area contributed by atoms with Crippen LogP contribution in [0.25, 0.3) is 0 Å². The summed E-state index contributed by atoms with van der Waals surface area (Å²) in [6.45, 7) is 2.47. The third kappa shape index (κ3) is 2.84. The second-order valence-electron chi connectivity index (χ2n) is 6.51. The van der Waals surface area contributed by atoms with Crippen LogP contribution in [0.15, 0.2) is 6.07 Å². The van der Waals surface area contributed by atoms with Gasteiger partial charge in [-0.3, -0.25) is 4.79 Å². The van der Waals surface area contributed by atoms with Crippen molar-refractivity contribution in [2.45, 2.75) is 38.3 Å². The molecule has 1 unspecified atom stereocenters. The number of hydrogen-bond donors (Lipinski definition) is 2. The zero-order valence-electron chi connectivity index (χ0n) is 12.9. The van der Waals surface area contributed by atoms with Crippen molar-refractivity contribution in [1.82, 2.24) is 4.90 Å². The molecule has 23 heavy (non-hydrogen) atoms. The van der Waals surface area contributed by atoms with Gasteiger partial charge in [-0.25, -0.2) is 0 Å². The van der Waals surface area contributed by atoms with Crippen LogP contribution in [0.1, 0.15) is 41.9 Å². The van der Waals surface area contributed by atoms with Gasteiger partial charge in [0.25, 0.3) is 0 Å². The first-order valence-electron chi connectivity index (χ1n) is 7.74. The monoisotopic (exact) mass is 327 g/mol. The molecule has 4 N–H and O–H groups in total. The van der Waals surface area contributed by atoms with Crippen LogP contribution in [0.2, 0.25) is 0 Å². The lowest BCUT2D eigenvalue weighted by Crippen LogP contribution is -2.29. The van der Waals surface area contributed by atoms with Crippen LogP contribution in [0.4, 0.5) is 24.5 Å². The van der Waals surface area contributed by atoms with Gasteiger partial charge in [-0.1, -0.05) is 0 Å². The van der Waals surface area contributed by atoms with E-state index in [1.165, 1.54) is 13.0 Å². The van der Waals surface area contributed by atoms with Crippen LogP contribution >= 0.6 is 0 Å². The number of hydrogen-bond acceptors (Lipinski definition) is 3. The fourth-order valence-electron chi connectivity index (χ4n) is 3.44. The summed E-state index contributed by atoms with van der Waals surface area (Å²) < 4.78 is 39.8. The van der Waals surface area contributed by atoms with Crippen LogP contribution in [0, 0.1) is 12.8 Å². The largest absolute Gasteiger partial charge is 0.418 e. The highest BCUT2D eigenvalue weighted by molar-refractivity contribution is 5.81. The van der Waals surface area contributed by atoms with Gasteiger partial charge in [0.05, 0.1) is 16.9 Å². The molecule has 2 aliphatic rings. The molecule has 1 heterocycles. The molecule has 1 amide bonds. The molecule has 1 aromatic rings. The lowest BCUT2D eigenvalue weighted by molar-refractivity contribution is -0.137. The Bertz CT molecular complexity index is 653. The Morgan fingerprint density at radius 3 is 2.48 bits per heavy atom. The normalized spacial score (nSPS) is 21.7. The Labute approximate surface area is 132 Å². The third-order valence-corrected chi connectivity index (χ3v) is 4.85. The van der Waals surface area contributed by atoms with E-state index < -0.39 is 17.4 Å². The fourth-order valence-corrected chi connectivity index (χ4v) is 3.44. The van der Waals surface area contributed by atoms with Gasteiger partial charge < -0.3 is 16.4 Å². The maximum Gasteiger partial charge on any atom is 0.418 e. The van der Waals surface area contributed by atoms with E-state index in [2.05, 4.69) is 0 Å². The number of alkyl halides is 3. The van der Waals surface area contributed by atoms with E-state index in [1.807, 2.05) is 0 Å². The van der Waals surface area contributed by atoms with Crippen LogP contribution in [-0.4, -0.2) is 23.9 Å². The smallest absolute Gasteiger partial charge is 0.397 e. The Morgan fingerprint density at radius 2 is 1.91 bits per heavy atom. The lowest BCUT2D eigenvalue weighted by atomic mass is 9.89. The molecule has 1 saturated carbocycles. The molecule has 0 radical (unpaired) electrons. The van der Waals surface area contributed by atoms with E-state index in [0.717, 1.165) is 12.8 Å². The van der Waals surface area contributed by atoms with Gasteiger partial charge in [-0.2, -0.15) is 13.2 Å². The third-order valence-electron chi connectivity index (χ3n) is 4.85. The molecule has 0 bridgehead atoms. The topological polar surface area (TPSA) is 72.3 Å². The molecule has 7 heteroatoms. The Balaban J connectivity index is 1.91. The van der Waals surface area contributed by atoms with E-state index in [-0.39, 0.29) is 29.0 Å². The van der Waals surface area contributed by atoms with Crippen molar-refractivity contribution in [3.63, 3.8) is 0 Å². The summed E-state index contributed by atoms with van der Waals surface area (Å²) in [5, 5.41) is 0. The maximum absolute atomic E-state index is 13.3. The summed E-state index contributed by atoms with van der Waals surface area (Å²) in [7, 11) is 0. The predicted molar refractivity (Wildman–Crippen MR) is 81.7 cm³/mol. The minimum Gasteiger partial charge on any atom is -0.397 e. The average Bonchev–Trinajstić information content (AvgIpc) is 3.18. The number of anilines is 2. The number of nitrogens with two attached hydrogens (primary N) is 2. The second-order valence-corrected chi connectivity index (χ2v) is 6.51. The van der Waals surface area contributed by atoms with E-state index >= 15 is 0 Å². The number of carbonyl (C=O) groups is 1. The van der Waals surface area contributed by atoms with Gasteiger partial charge >= 0.3 is 6.18 Å². The van der Waals surface area contributed by atoms with Crippen molar-refractivity contribution >= 4 is 17.3 Å². The van der Waals surface area contributed by atoms with Crippen LogP contribution in [-0.2, 0) is 11.0 Å². The zero-order chi connectivity index (χ0) is 16.9. The van der Waals surface area contributed by atoms with E-state index in [0.29, 0.717) is 25.1 Å². The minimum atomic E-state index is -4.54. The first kappa shape index (κ1) is 16.0. The number of rotatable bonds is 2. The second kappa shape index (κ2) is 5.32. The van der Waals surface area contributed by atoms with Crippen LogP contribution in [0.3, 0.4) is 0 Å². The Hall–Kier alpha value is -1.92. The minimum absolute atomic E-state index is 0.0510. The number of nitrogens with zero attached hydrogens (tertiary/aromatic N) is 1. The fraction of sp³-hybridized carbons (Fsp3) is 0.562. The predicted octanol–water partition coefficient (Wildman–Crippen LogP) is 2.90. The number of likely N-dealkylation sites (tertiary alicyclic amines) is 1. The molecule has 4 nitrogen and oxygen atoms in total. The molecule has 3 rings (SSSR count). The summed E-state index contributed by atoms with van der Waals surface area (Å²) in [5.74, 6) is 0.128. The molecular formula is C16H20F3N3O. The lowest BCUT2D eigenvalue weighted by Gasteiger charge is -2.22. The van der Waals surface area contributed by atoms with Crippen LogP contribution < -0.4 is 11.5 Å². The van der Waals surface area contributed by atoms with Gasteiger partial charge in [0.15, 0.2) is 0 Å². The molecular weight excluding hydrogens is 307 g/mol. The van der Waals surface area contributed by atoms with E-state index in [4.69, 9.17) is 11.5 Å². The van der Waals surface area contributed by atoms with Gasteiger partial charge in [-0.05, 0) is 43.4 Å². The summed E-state index contributed by atoms with van der Waals surface area (Å²) >= 11 is 0. The van der Waals surface area contributed by atoms with Gasteiger partial charge in [0.2, 0.25) is 5.91 Å².